The van der Waals surface area contributed by atoms with E-state index in [1.54, 1.807) is 36.4 Å². The van der Waals surface area contributed by atoms with Crippen molar-refractivity contribution in [2.45, 2.75) is 0 Å². The van der Waals surface area contributed by atoms with Crippen LogP contribution in [-0.4, -0.2) is 30.2 Å². The van der Waals surface area contributed by atoms with Gasteiger partial charge >= 0.3 is 0 Å². The van der Waals surface area contributed by atoms with Crippen LogP contribution in [0.4, 0.5) is 5.69 Å². The number of carbonyl (C=O) groups is 2. The number of carbonyl (C=O) groups excluding carboxylic acids is 2. The fourth-order valence-electron chi connectivity index (χ4n) is 3.07. The van der Waals surface area contributed by atoms with Gasteiger partial charge in [0, 0.05) is 21.3 Å². The molecule has 0 aliphatic heterocycles. The summed E-state index contributed by atoms with van der Waals surface area (Å²) >= 11 is 7.69. The number of rotatable bonds is 6. The van der Waals surface area contributed by atoms with Crippen molar-refractivity contribution in [3.8, 4) is 11.5 Å². The highest BCUT2D eigenvalue weighted by Gasteiger charge is 2.17. The Morgan fingerprint density at radius 1 is 1.06 bits per heavy atom. The molecule has 0 fully saturated rings. The maximum atomic E-state index is 12.7. The average Bonchev–Trinajstić information content (AvgIpc) is 3.16. The minimum atomic E-state index is -0.422. The van der Waals surface area contributed by atoms with E-state index in [9.17, 15) is 14.7 Å². The topological polar surface area (TPSA) is 100 Å². The number of thiophene rings is 1. The number of ether oxygens (including phenoxy) is 1. The molecule has 33 heavy (non-hydrogen) atoms. The highest BCUT2D eigenvalue weighted by atomic mass is 35.5. The number of halogens is 1. The molecule has 0 unspecified atom stereocenters. The third kappa shape index (κ3) is 4.97. The Morgan fingerprint density at radius 2 is 1.82 bits per heavy atom. The number of methoxy groups -OCH3 is 1. The molecule has 0 atom stereocenters. The number of phenols is 1. The number of hydrazone groups is 1. The van der Waals surface area contributed by atoms with E-state index in [4.69, 9.17) is 16.3 Å². The first-order chi connectivity index (χ1) is 16.0. The molecule has 0 aliphatic rings. The lowest BCUT2D eigenvalue weighted by molar-refractivity contribution is 0.0954. The van der Waals surface area contributed by atoms with Crippen molar-refractivity contribution in [3.05, 3.63) is 87.8 Å². The van der Waals surface area contributed by atoms with Crippen LogP contribution in [0.15, 0.2) is 71.8 Å². The van der Waals surface area contributed by atoms with Crippen LogP contribution in [0.1, 0.15) is 25.6 Å². The Morgan fingerprint density at radius 3 is 2.52 bits per heavy atom. The molecule has 0 spiro atoms. The molecule has 0 saturated carbocycles. The summed E-state index contributed by atoms with van der Waals surface area (Å²) < 4.78 is 5.92. The molecular weight excluding hydrogens is 462 g/mol. The molecule has 7 nitrogen and oxygen atoms in total. The van der Waals surface area contributed by atoms with Crippen molar-refractivity contribution in [2.75, 3.05) is 12.4 Å². The molecule has 0 saturated heterocycles. The van der Waals surface area contributed by atoms with E-state index in [0.717, 1.165) is 10.1 Å². The van der Waals surface area contributed by atoms with Crippen molar-refractivity contribution in [1.29, 1.82) is 0 Å². The lowest BCUT2D eigenvalue weighted by atomic mass is 10.2. The van der Waals surface area contributed by atoms with Crippen LogP contribution < -0.4 is 15.5 Å². The number of amides is 2. The molecule has 4 rings (SSSR count). The number of hydrogen-bond donors (Lipinski definition) is 3. The van der Waals surface area contributed by atoms with Gasteiger partial charge in [-0.25, -0.2) is 5.43 Å². The summed E-state index contributed by atoms with van der Waals surface area (Å²) in [6.45, 7) is 0. The van der Waals surface area contributed by atoms with E-state index in [0.29, 0.717) is 32.5 Å². The summed E-state index contributed by atoms with van der Waals surface area (Å²) in [6, 6.07) is 18.7. The zero-order valence-corrected chi connectivity index (χ0v) is 18.9. The van der Waals surface area contributed by atoms with Crippen LogP contribution in [0.5, 0.6) is 11.5 Å². The lowest BCUT2D eigenvalue weighted by Crippen LogP contribution is -2.17. The number of anilines is 1. The summed E-state index contributed by atoms with van der Waals surface area (Å²) in [5.74, 6) is -0.416. The molecule has 0 aliphatic carbocycles. The summed E-state index contributed by atoms with van der Waals surface area (Å²) in [6.07, 6.45) is 1.40. The van der Waals surface area contributed by atoms with Crippen LogP contribution in [0.2, 0.25) is 5.02 Å². The van der Waals surface area contributed by atoms with Gasteiger partial charge in [0.05, 0.1) is 18.3 Å². The Labute approximate surface area is 198 Å². The van der Waals surface area contributed by atoms with Crippen molar-refractivity contribution in [1.82, 2.24) is 5.43 Å². The molecule has 9 heteroatoms. The number of nitrogens with one attached hydrogen (secondary N) is 2. The maximum absolute atomic E-state index is 12.7. The minimum Gasteiger partial charge on any atom is -0.504 e. The molecule has 3 aromatic carbocycles. The second-order valence-corrected chi connectivity index (χ2v) is 8.33. The van der Waals surface area contributed by atoms with Crippen LogP contribution >= 0.6 is 22.9 Å². The predicted molar refractivity (Wildman–Crippen MR) is 131 cm³/mol. The number of fused-ring (bicyclic) bond motifs is 1. The predicted octanol–water partition coefficient (Wildman–Crippen LogP) is 5.29. The van der Waals surface area contributed by atoms with E-state index >= 15 is 0 Å². The van der Waals surface area contributed by atoms with Gasteiger partial charge in [0.2, 0.25) is 0 Å². The van der Waals surface area contributed by atoms with Gasteiger partial charge in [-0.3, -0.25) is 9.59 Å². The third-order valence-corrected chi connectivity index (χ3v) is 6.40. The van der Waals surface area contributed by atoms with Crippen LogP contribution in [0, 0.1) is 0 Å². The zero-order chi connectivity index (χ0) is 23.4. The lowest BCUT2D eigenvalue weighted by Gasteiger charge is -2.06. The molecular formula is C24H18ClN3O4S. The largest absolute Gasteiger partial charge is 0.504 e. The SMILES string of the molecule is COc1ccc(/C=N\NC(=O)c2ccc(NC(=O)c3sc4ccccc4c3Cl)cc2)cc1O. The highest BCUT2D eigenvalue weighted by molar-refractivity contribution is 7.21. The minimum absolute atomic E-state index is 0.0256. The van der Waals surface area contributed by atoms with E-state index in [1.165, 1.54) is 30.7 Å². The summed E-state index contributed by atoms with van der Waals surface area (Å²) in [5.41, 5.74) is 3.90. The van der Waals surface area contributed by atoms with Crippen molar-refractivity contribution >= 4 is 56.7 Å². The molecule has 1 heterocycles. The summed E-state index contributed by atoms with van der Waals surface area (Å²) in [7, 11) is 1.46. The maximum Gasteiger partial charge on any atom is 0.271 e. The highest BCUT2D eigenvalue weighted by Crippen LogP contribution is 2.35. The first-order valence-electron chi connectivity index (χ1n) is 9.75. The van der Waals surface area contributed by atoms with Gasteiger partial charge < -0.3 is 15.2 Å². The molecule has 0 bridgehead atoms. The molecule has 3 N–H and O–H groups in total. The van der Waals surface area contributed by atoms with Crippen molar-refractivity contribution in [3.63, 3.8) is 0 Å². The van der Waals surface area contributed by atoms with Crippen molar-refractivity contribution < 1.29 is 19.4 Å². The van der Waals surface area contributed by atoms with Crippen LogP contribution in [0.3, 0.4) is 0 Å². The van der Waals surface area contributed by atoms with Gasteiger partial charge in [-0.2, -0.15) is 5.10 Å². The Hall–Kier alpha value is -3.88. The molecule has 166 valence electrons. The second kappa shape index (κ2) is 9.72. The summed E-state index contributed by atoms with van der Waals surface area (Å²) in [4.78, 5) is 25.4. The number of phenolic OH excluding ortho intramolecular Hbond substituents is 1. The Bertz CT molecular complexity index is 1370. The summed E-state index contributed by atoms with van der Waals surface area (Å²) in [5, 5.41) is 17.7. The smallest absolute Gasteiger partial charge is 0.271 e. The Balaban J connectivity index is 1.38. The normalized spacial score (nSPS) is 11.0. The van der Waals surface area contributed by atoms with Gasteiger partial charge in [-0.1, -0.05) is 29.8 Å². The van der Waals surface area contributed by atoms with Crippen molar-refractivity contribution in [2.24, 2.45) is 5.10 Å². The van der Waals surface area contributed by atoms with Gasteiger partial charge in [0.25, 0.3) is 11.8 Å². The standard InChI is InChI=1S/C24H18ClN3O4S/c1-32-19-11-6-14(12-18(19)29)13-26-28-23(30)15-7-9-16(10-8-15)27-24(31)22-21(25)17-4-2-3-5-20(17)33-22/h2-13,29H,1H3,(H,27,31)(H,28,30)/b26-13-. The van der Waals surface area contributed by atoms with Gasteiger partial charge in [-0.15, -0.1) is 11.3 Å². The van der Waals surface area contributed by atoms with Gasteiger partial charge in [0.15, 0.2) is 11.5 Å². The average molecular weight is 480 g/mol. The Kier molecular flexibility index (Phi) is 6.58. The van der Waals surface area contributed by atoms with E-state index < -0.39 is 5.91 Å². The number of nitrogens with zero attached hydrogens (tertiary/aromatic N) is 1. The number of aromatic hydroxyl groups is 1. The fourth-order valence-corrected chi connectivity index (χ4v) is 4.48. The quantitative estimate of drug-likeness (QED) is 0.258. The van der Waals surface area contributed by atoms with Crippen LogP contribution in [0.25, 0.3) is 10.1 Å². The molecule has 2 amide bonds. The van der Waals surface area contributed by atoms with E-state index in [2.05, 4.69) is 15.8 Å². The second-order valence-electron chi connectivity index (χ2n) is 6.90. The van der Waals surface area contributed by atoms with E-state index in [-0.39, 0.29) is 11.7 Å². The first-order valence-corrected chi connectivity index (χ1v) is 10.9. The molecule has 0 radical (unpaired) electrons. The third-order valence-electron chi connectivity index (χ3n) is 4.73. The zero-order valence-electron chi connectivity index (χ0n) is 17.3. The molecule has 4 aromatic rings. The van der Waals surface area contributed by atoms with Crippen LogP contribution in [-0.2, 0) is 0 Å². The van der Waals surface area contributed by atoms with Gasteiger partial charge in [0.1, 0.15) is 4.88 Å². The van der Waals surface area contributed by atoms with Gasteiger partial charge in [-0.05, 0) is 54.1 Å². The number of benzene rings is 3. The number of hydrogen-bond acceptors (Lipinski definition) is 6. The monoisotopic (exact) mass is 479 g/mol. The fraction of sp³-hybridized carbons (Fsp3) is 0.0417. The first kappa shape index (κ1) is 22.3. The van der Waals surface area contributed by atoms with E-state index in [1.807, 2.05) is 24.3 Å². The molecule has 1 aromatic heterocycles.